The molecule has 0 saturated heterocycles. The van der Waals surface area contributed by atoms with Gasteiger partial charge in [0.1, 0.15) is 23.3 Å². The zero-order valence-electron chi connectivity index (χ0n) is 38.3. The molecular weight excluding hydrogens is 715 g/mol. The molecular formula is C48H85N3O6. The molecule has 4 rings (SSSR count). The van der Waals surface area contributed by atoms with E-state index in [2.05, 4.69) is 56.6 Å². The molecule has 9 nitrogen and oxygen atoms in total. The average Bonchev–Trinajstić information content (AvgIpc) is 3.46. The summed E-state index contributed by atoms with van der Waals surface area (Å²) >= 11 is 0. The number of amides is 2. The first-order valence-electron chi connectivity index (χ1n) is 23.3. The lowest BCUT2D eigenvalue weighted by Crippen LogP contribution is -2.51. The largest absolute Gasteiger partial charge is 0.461 e. The van der Waals surface area contributed by atoms with Crippen molar-refractivity contribution in [1.29, 1.82) is 0 Å². The van der Waals surface area contributed by atoms with Crippen molar-refractivity contribution < 1.29 is 28.6 Å². The number of ether oxygens (including phenoxy) is 3. The van der Waals surface area contributed by atoms with E-state index in [9.17, 15) is 14.4 Å². The summed E-state index contributed by atoms with van der Waals surface area (Å²) in [4.78, 5) is 38.0. The number of fused-ring (bicyclic) bond motifs is 5. The van der Waals surface area contributed by atoms with Gasteiger partial charge in [-0.2, -0.15) is 0 Å². The molecule has 3 saturated carbocycles. The van der Waals surface area contributed by atoms with E-state index in [0.29, 0.717) is 37.9 Å². The minimum Gasteiger partial charge on any atom is -0.461 e. The van der Waals surface area contributed by atoms with Crippen molar-refractivity contribution >= 4 is 18.2 Å². The van der Waals surface area contributed by atoms with Crippen LogP contribution in [0.15, 0.2) is 11.6 Å². The van der Waals surface area contributed by atoms with Gasteiger partial charge in [0.05, 0.1) is 0 Å². The number of nitrogens with one attached hydrogen (secondary N) is 3. The Morgan fingerprint density at radius 1 is 0.737 bits per heavy atom. The van der Waals surface area contributed by atoms with Crippen LogP contribution in [0.1, 0.15) is 185 Å². The summed E-state index contributed by atoms with van der Waals surface area (Å²) in [5.41, 5.74) is 1.17. The molecule has 0 aromatic carbocycles. The number of alkyl carbamates (subject to hydrolysis) is 2. The first kappa shape index (κ1) is 47.4. The fourth-order valence-electron chi connectivity index (χ4n) is 11.5. The number of rotatable bonds is 19. The maximum atomic E-state index is 13.8. The number of carbonyl (C=O) groups is 3. The number of hydrogen-bond donors (Lipinski definition) is 3. The summed E-state index contributed by atoms with van der Waals surface area (Å²) in [6, 6.07) is -0.434. The topological polar surface area (TPSA) is 115 Å². The van der Waals surface area contributed by atoms with Gasteiger partial charge in [-0.3, -0.25) is 4.79 Å². The second-order valence-electron chi connectivity index (χ2n) is 21.5. The van der Waals surface area contributed by atoms with Crippen molar-refractivity contribution in [2.75, 3.05) is 19.6 Å². The second kappa shape index (κ2) is 20.8. The molecule has 0 aliphatic heterocycles. The monoisotopic (exact) mass is 800 g/mol. The molecule has 3 N–H and O–H groups in total. The van der Waals surface area contributed by atoms with Crippen molar-refractivity contribution in [3.8, 4) is 0 Å². The maximum Gasteiger partial charge on any atom is 0.407 e. The summed E-state index contributed by atoms with van der Waals surface area (Å²) in [5.74, 6) is 4.68. The van der Waals surface area contributed by atoms with E-state index in [1.54, 1.807) is 5.57 Å². The Balaban J connectivity index is 1.29. The molecule has 0 radical (unpaired) electrons. The van der Waals surface area contributed by atoms with Gasteiger partial charge in [-0.25, -0.2) is 9.59 Å². The van der Waals surface area contributed by atoms with Gasteiger partial charge in [0, 0.05) is 19.5 Å². The number of allylic oxidation sites excluding steroid dienone is 1. The fraction of sp³-hybridized carbons (Fsp3) is 0.896. The van der Waals surface area contributed by atoms with Gasteiger partial charge in [-0.05, 0) is 165 Å². The Kier molecular flexibility index (Phi) is 17.3. The third-order valence-corrected chi connectivity index (χ3v) is 14.3. The SMILES string of the molecule is CC(C)CCC[C@@H](C)[C@H]1CC[C@H]2[C@@H]3CC=C4C[C@@H](OC(=O)[C@H](CCCNC(=O)OC(C)(C)C)NCCCCCCNC(=O)OC(C)(C)C)CC[C@]4(C)[C@H]3CC[C@]12C. The predicted molar refractivity (Wildman–Crippen MR) is 231 cm³/mol. The van der Waals surface area contributed by atoms with Crippen LogP contribution in [-0.2, 0) is 19.0 Å². The lowest BCUT2D eigenvalue weighted by molar-refractivity contribution is -0.154. The van der Waals surface area contributed by atoms with Crippen LogP contribution >= 0.6 is 0 Å². The first-order valence-corrected chi connectivity index (χ1v) is 23.3. The first-order chi connectivity index (χ1) is 26.7. The van der Waals surface area contributed by atoms with Crippen molar-refractivity contribution in [3.05, 3.63) is 11.6 Å². The van der Waals surface area contributed by atoms with Crippen LogP contribution in [0.3, 0.4) is 0 Å². The van der Waals surface area contributed by atoms with Crippen LogP contribution < -0.4 is 16.0 Å². The molecule has 4 aliphatic carbocycles. The Morgan fingerprint density at radius 3 is 2.00 bits per heavy atom. The van der Waals surface area contributed by atoms with Crippen molar-refractivity contribution in [1.82, 2.24) is 16.0 Å². The van der Waals surface area contributed by atoms with Gasteiger partial charge in [0.25, 0.3) is 0 Å². The van der Waals surface area contributed by atoms with E-state index in [-0.39, 0.29) is 23.6 Å². The second-order valence-corrected chi connectivity index (χ2v) is 21.5. The molecule has 4 aliphatic rings. The van der Waals surface area contributed by atoms with Crippen molar-refractivity contribution in [2.24, 2.45) is 46.3 Å². The zero-order valence-corrected chi connectivity index (χ0v) is 38.3. The lowest BCUT2D eigenvalue weighted by Gasteiger charge is -2.58. The molecule has 0 heterocycles. The Morgan fingerprint density at radius 2 is 1.37 bits per heavy atom. The molecule has 328 valence electrons. The van der Waals surface area contributed by atoms with Crippen LogP contribution in [0.2, 0.25) is 0 Å². The Labute approximate surface area is 348 Å². The Hall–Kier alpha value is -2.29. The van der Waals surface area contributed by atoms with E-state index in [0.717, 1.165) is 80.5 Å². The standard InChI is InChI=1S/C48H85N3O6/c1-33(2)18-16-19-34(3)38-23-24-39-37-22-21-35-32-36(25-27-47(35,10)40(37)26-28-48(38,39)11)55-42(52)41(20-17-31-51-44(54)57-46(7,8)9)49-29-14-12-13-15-30-50-43(53)56-45(4,5)6/h21,33-34,36-41,49H,12-20,22-32H2,1-11H3,(H,50,53)(H,51,54)/t34-,36+,37+,38-,39+,40+,41+,47+,48-/m1/s1. The fourth-order valence-corrected chi connectivity index (χ4v) is 11.5. The quantitative estimate of drug-likeness (QED) is 0.0516. The highest BCUT2D eigenvalue weighted by molar-refractivity contribution is 5.76. The van der Waals surface area contributed by atoms with E-state index in [1.165, 1.54) is 51.4 Å². The van der Waals surface area contributed by atoms with Crippen LogP contribution in [0.25, 0.3) is 0 Å². The van der Waals surface area contributed by atoms with Crippen LogP contribution in [0, 0.1) is 46.3 Å². The molecule has 0 aromatic rings. The normalized spacial score (nSPS) is 29.6. The third-order valence-electron chi connectivity index (χ3n) is 14.3. The molecule has 9 atom stereocenters. The highest BCUT2D eigenvalue weighted by Gasteiger charge is 2.59. The molecule has 0 spiro atoms. The summed E-state index contributed by atoms with van der Waals surface area (Å²) in [7, 11) is 0. The number of carbonyl (C=O) groups excluding carboxylic acids is 3. The summed E-state index contributed by atoms with van der Waals surface area (Å²) < 4.78 is 17.1. The Bertz CT molecular complexity index is 1330. The van der Waals surface area contributed by atoms with Crippen molar-refractivity contribution in [3.63, 3.8) is 0 Å². The van der Waals surface area contributed by atoms with Crippen LogP contribution in [-0.4, -0.2) is 61.1 Å². The minimum atomic E-state index is -0.559. The summed E-state index contributed by atoms with van der Waals surface area (Å²) in [6.45, 7) is 25.3. The molecule has 0 bridgehead atoms. The van der Waals surface area contributed by atoms with Gasteiger partial charge in [-0.15, -0.1) is 0 Å². The van der Waals surface area contributed by atoms with Gasteiger partial charge >= 0.3 is 18.2 Å². The lowest BCUT2D eigenvalue weighted by atomic mass is 9.47. The van der Waals surface area contributed by atoms with E-state index in [4.69, 9.17) is 14.2 Å². The van der Waals surface area contributed by atoms with Crippen LogP contribution in [0.5, 0.6) is 0 Å². The van der Waals surface area contributed by atoms with Gasteiger partial charge in [0.15, 0.2) is 0 Å². The number of unbranched alkanes of at least 4 members (excludes halogenated alkanes) is 3. The highest BCUT2D eigenvalue weighted by Crippen LogP contribution is 2.67. The molecule has 2 amide bonds. The van der Waals surface area contributed by atoms with E-state index in [1.807, 2.05) is 41.5 Å². The van der Waals surface area contributed by atoms with Crippen molar-refractivity contribution in [2.45, 2.75) is 209 Å². The average molecular weight is 800 g/mol. The maximum absolute atomic E-state index is 13.8. The molecule has 3 fully saturated rings. The third kappa shape index (κ3) is 13.9. The van der Waals surface area contributed by atoms with Gasteiger partial charge < -0.3 is 30.2 Å². The molecule has 57 heavy (non-hydrogen) atoms. The zero-order chi connectivity index (χ0) is 42.0. The molecule has 9 heteroatoms. The smallest absolute Gasteiger partial charge is 0.407 e. The number of esters is 1. The number of hydrogen-bond acceptors (Lipinski definition) is 7. The highest BCUT2D eigenvalue weighted by atomic mass is 16.6. The predicted octanol–water partition coefficient (Wildman–Crippen LogP) is 11.3. The van der Waals surface area contributed by atoms with E-state index < -0.39 is 23.3 Å². The minimum absolute atomic E-state index is 0.0913. The molecule has 0 unspecified atom stereocenters. The summed E-state index contributed by atoms with van der Waals surface area (Å²) in [6.07, 6.45) is 20.4. The molecule has 0 aromatic heterocycles. The van der Waals surface area contributed by atoms with Gasteiger partial charge in [-0.1, -0.05) is 78.4 Å². The van der Waals surface area contributed by atoms with Crippen LogP contribution in [0.4, 0.5) is 9.59 Å². The van der Waals surface area contributed by atoms with E-state index >= 15 is 0 Å². The summed E-state index contributed by atoms with van der Waals surface area (Å²) in [5, 5.41) is 9.16. The van der Waals surface area contributed by atoms with Gasteiger partial charge in [0.2, 0.25) is 0 Å².